The number of carboxylic acids is 1. The Labute approximate surface area is 182 Å². The van der Waals surface area contributed by atoms with Gasteiger partial charge in [0.05, 0.1) is 12.1 Å². The first kappa shape index (κ1) is 21.8. The van der Waals surface area contributed by atoms with Crippen LogP contribution in [0.1, 0.15) is 27.6 Å². The molecule has 0 radical (unpaired) electrons. The number of hydrogen-bond donors (Lipinski definition) is 4. The molecule has 3 aromatic rings. The van der Waals surface area contributed by atoms with Crippen molar-refractivity contribution < 1.29 is 19.5 Å². The zero-order chi connectivity index (χ0) is 22.2. The number of aromatic nitrogens is 1. The van der Waals surface area contributed by atoms with Crippen LogP contribution in [-0.4, -0.2) is 28.0 Å². The highest BCUT2D eigenvalue weighted by Crippen LogP contribution is 2.40. The molecule has 1 unspecified atom stereocenters. The molecule has 2 aromatic carbocycles. The molecule has 0 saturated heterocycles. The summed E-state index contributed by atoms with van der Waals surface area (Å²) in [5.74, 6) is -1.26. The van der Waals surface area contributed by atoms with E-state index in [-0.39, 0.29) is 17.6 Å². The van der Waals surface area contributed by atoms with E-state index in [1.165, 1.54) is 11.8 Å². The Balaban J connectivity index is 1.78. The lowest BCUT2D eigenvalue weighted by atomic mass is 10.1. The second-order valence-electron chi connectivity index (χ2n) is 6.51. The maximum atomic E-state index is 12.7. The van der Waals surface area contributed by atoms with Gasteiger partial charge in [-0.05, 0) is 48.0 Å². The lowest BCUT2D eigenvalue weighted by molar-refractivity contribution is -0.137. The number of aliphatic carboxylic acids is 1. The Hall–Kier alpha value is -3.85. The van der Waals surface area contributed by atoms with Gasteiger partial charge in [0.25, 0.3) is 5.91 Å². The number of amides is 3. The van der Waals surface area contributed by atoms with Gasteiger partial charge in [0.1, 0.15) is 0 Å². The Morgan fingerprint density at radius 3 is 2.39 bits per heavy atom. The van der Waals surface area contributed by atoms with Crippen LogP contribution in [0.15, 0.2) is 78.0 Å². The number of hydrogen-bond acceptors (Lipinski definition) is 5. The summed E-state index contributed by atoms with van der Waals surface area (Å²) in [6, 6.07) is 16.4. The van der Waals surface area contributed by atoms with E-state index >= 15 is 0 Å². The molecule has 0 spiro atoms. The summed E-state index contributed by atoms with van der Waals surface area (Å²) >= 11 is 1.35. The van der Waals surface area contributed by atoms with E-state index in [9.17, 15) is 19.5 Å². The Morgan fingerprint density at radius 1 is 1.00 bits per heavy atom. The molecule has 1 aromatic heterocycles. The first-order valence-corrected chi connectivity index (χ1v) is 10.2. The highest BCUT2D eigenvalue weighted by molar-refractivity contribution is 7.99. The summed E-state index contributed by atoms with van der Waals surface area (Å²) in [7, 11) is 0. The van der Waals surface area contributed by atoms with Crippen LogP contribution in [0.4, 0.5) is 16.2 Å². The average molecular weight is 436 g/mol. The van der Waals surface area contributed by atoms with Crippen molar-refractivity contribution in [3.05, 3.63) is 84.2 Å². The van der Waals surface area contributed by atoms with E-state index < -0.39 is 12.0 Å². The number of benzene rings is 2. The van der Waals surface area contributed by atoms with Crippen molar-refractivity contribution in [1.29, 1.82) is 0 Å². The van der Waals surface area contributed by atoms with Gasteiger partial charge < -0.3 is 21.5 Å². The highest BCUT2D eigenvalue weighted by Gasteiger charge is 2.19. The van der Waals surface area contributed by atoms with Crippen LogP contribution < -0.4 is 16.4 Å². The maximum absolute atomic E-state index is 12.7. The number of nitrogens with zero attached hydrogens (tertiary/aromatic N) is 1. The lowest BCUT2D eigenvalue weighted by Gasteiger charge is -2.17. The minimum absolute atomic E-state index is 0.0903. The fourth-order valence-corrected chi connectivity index (χ4v) is 4.03. The average Bonchev–Trinajstić information content (AvgIpc) is 2.75. The number of carboxylic acid groups (broad SMARTS) is 1. The van der Waals surface area contributed by atoms with E-state index in [0.29, 0.717) is 16.9 Å². The molecular weight excluding hydrogens is 416 g/mol. The highest BCUT2D eigenvalue weighted by atomic mass is 32.2. The second kappa shape index (κ2) is 10.3. The van der Waals surface area contributed by atoms with Crippen LogP contribution in [0.3, 0.4) is 0 Å². The molecular formula is C22H20N4O4S. The molecule has 0 aliphatic heterocycles. The molecule has 1 atom stereocenters. The molecule has 31 heavy (non-hydrogen) atoms. The molecule has 0 bridgehead atoms. The molecule has 158 valence electrons. The largest absolute Gasteiger partial charge is 0.481 e. The summed E-state index contributed by atoms with van der Waals surface area (Å²) in [5.41, 5.74) is 7.30. The fourth-order valence-electron chi connectivity index (χ4n) is 2.82. The summed E-state index contributed by atoms with van der Waals surface area (Å²) in [6.07, 6.45) is 3.18. The van der Waals surface area contributed by atoms with E-state index in [4.69, 9.17) is 5.73 Å². The van der Waals surface area contributed by atoms with Gasteiger partial charge in [-0.1, -0.05) is 18.2 Å². The number of carbonyl (C=O) groups is 3. The minimum atomic E-state index is -0.924. The third-order valence-electron chi connectivity index (χ3n) is 4.24. The normalized spacial score (nSPS) is 11.4. The van der Waals surface area contributed by atoms with Crippen LogP contribution in [0.25, 0.3) is 0 Å². The van der Waals surface area contributed by atoms with Gasteiger partial charge in [0, 0.05) is 33.8 Å². The number of nitrogens with one attached hydrogen (secondary N) is 2. The standard InChI is InChI=1S/C22H20N4O4S/c23-22(30)25-16-9-7-14(8-10-16)21(29)26-17-5-1-2-6-18(17)31-19(12-20(27)28)15-4-3-11-24-13-15/h1-11,13,19H,12H2,(H,26,29)(H,27,28)(H3,23,25,30). The molecule has 0 saturated carbocycles. The van der Waals surface area contributed by atoms with Gasteiger partial charge in [-0.2, -0.15) is 0 Å². The predicted octanol–water partition coefficient (Wildman–Crippen LogP) is 4.13. The van der Waals surface area contributed by atoms with Crippen molar-refractivity contribution >= 4 is 41.0 Å². The number of primary amides is 1. The van der Waals surface area contributed by atoms with Crippen molar-refractivity contribution in [3.8, 4) is 0 Å². The molecule has 3 rings (SSSR count). The van der Waals surface area contributed by atoms with Crippen LogP contribution >= 0.6 is 11.8 Å². The molecule has 0 fully saturated rings. The van der Waals surface area contributed by atoms with Crippen LogP contribution in [0, 0.1) is 0 Å². The molecule has 0 aliphatic carbocycles. The molecule has 0 aliphatic rings. The van der Waals surface area contributed by atoms with Crippen molar-refractivity contribution in [1.82, 2.24) is 4.98 Å². The number of thioether (sulfide) groups is 1. The third kappa shape index (κ3) is 6.31. The number of carbonyl (C=O) groups excluding carboxylic acids is 2. The van der Waals surface area contributed by atoms with Crippen LogP contribution in [-0.2, 0) is 4.79 Å². The Morgan fingerprint density at radius 2 is 1.74 bits per heavy atom. The van der Waals surface area contributed by atoms with Crippen molar-refractivity contribution in [2.75, 3.05) is 10.6 Å². The SMILES string of the molecule is NC(=O)Nc1ccc(C(=O)Nc2ccccc2SC(CC(=O)O)c2cccnc2)cc1. The molecule has 9 heteroatoms. The molecule has 3 amide bonds. The number of pyridine rings is 1. The van der Waals surface area contributed by atoms with Gasteiger partial charge in [-0.15, -0.1) is 11.8 Å². The number of rotatable bonds is 8. The van der Waals surface area contributed by atoms with Gasteiger partial charge in [-0.3, -0.25) is 14.6 Å². The molecule has 5 N–H and O–H groups in total. The first-order valence-electron chi connectivity index (χ1n) is 9.27. The molecule has 1 heterocycles. The summed E-state index contributed by atoms with van der Waals surface area (Å²) in [4.78, 5) is 39.8. The fraction of sp³-hybridized carbons (Fsp3) is 0.0909. The summed E-state index contributed by atoms with van der Waals surface area (Å²) < 4.78 is 0. The van der Waals surface area contributed by atoms with E-state index in [1.807, 2.05) is 18.2 Å². The Kier molecular flexibility index (Phi) is 7.23. The zero-order valence-corrected chi connectivity index (χ0v) is 17.1. The zero-order valence-electron chi connectivity index (χ0n) is 16.3. The van der Waals surface area contributed by atoms with Crippen molar-refractivity contribution in [2.45, 2.75) is 16.6 Å². The van der Waals surface area contributed by atoms with Gasteiger partial charge in [0.15, 0.2) is 0 Å². The third-order valence-corrected chi connectivity index (χ3v) is 5.57. The topological polar surface area (TPSA) is 134 Å². The van der Waals surface area contributed by atoms with Crippen LogP contribution in [0.5, 0.6) is 0 Å². The monoisotopic (exact) mass is 436 g/mol. The number of anilines is 2. The summed E-state index contributed by atoms with van der Waals surface area (Å²) in [5, 5.41) is 14.2. The maximum Gasteiger partial charge on any atom is 0.316 e. The second-order valence-corrected chi connectivity index (χ2v) is 7.75. The lowest BCUT2D eigenvalue weighted by Crippen LogP contribution is -2.19. The quantitative estimate of drug-likeness (QED) is 0.392. The van der Waals surface area contributed by atoms with Crippen LogP contribution in [0.2, 0.25) is 0 Å². The van der Waals surface area contributed by atoms with E-state index in [0.717, 1.165) is 10.5 Å². The van der Waals surface area contributed by atoms with Crippen molar-refractivity contribution in [2.24, 2.45) is 5.73 Å². The summed E-state index contributed by atoms with van der Waals surface area (Å²) in [6.45, 7) is 0. The predicted molar refractivity (Wildman–Crippen MR) is 119 cm³/mol. The van der Waals surface area contributed by atoms with Crippen molar-refractivity contribution in [3.63, 3.8) is 0 Å². The van der Waals surface area contributed by atoms with E-state index in [2.05, 4.69) is 15.6 Å². The van der Waals surface area contributed by atoms with E-state index in [1.54, 1.807) is 54.9 Å². The van der Waals surface area contributed by atoms with Gasteiger partial charge in [0.2, 0.25) is 0 Å². The van der Waals surface area contributed by atoms with Gasteiger partial charge >= 0.3 is 12.0 Å². The first-order chi connectivity index (χ1) is 14.9. The smallest absolute Gasteiger partial charge is 0.316 e. The molecule has 8 nitrogen and oxygen atoms in total. The number of para-hydroxylation sites is 1. The Bertz CT molecular complexity index is 1070. The number of nitrogens with two attached hydrogens (primary N) is 1. The number of urea groups is 1. The minimum Gasteiger partial charge on any atom is -0.481 e. The van der Waals surface area contributed by atoms with Gasteiger partial charge in [-0.25, -0.2) is 4.79 Å².